The Bertz CT molecular complexity index is 448. The highest BCUT2D eigenvalue weighted by Crippen LogP contribution is 2.11. The Kier molecular flexibility index (Phi) is 4.33. The third-order valence-corrected chi connectivity index (χ3v) is 3.33. The standard InChI is InChI=1S/C14H14O2S/c15-14(12-6-2-1-3-7-12)16-10-4-8-13-9-5-11-17-13/h1-3,5-7,9,11H,4,8,10H2. The van der Waals surface area contributed by atoms with Crippen LogP contribution < -0.4 is 0 Å². The van der Waals surface area contributed by atoms with Gasteiger partial charge >= 0.3 is 5.97 Å². The molecular formula is C14H14O2S. The molecule has 0 saturated heterocycles. The summed E-state index contributed by atoms with van der Waals surface area (Å²) in [6.45, 7) is 0.478. The second-order valence-electron chi connectivity index (χ2n) is 3.68. The number of aryl methyl sites for hydroxylation is 1. The monoisotopic (exact) mass is 246 g/mol. The van der Waals surface area contributed by atoms with E-state index in [0.717, 1.165) is 12.8 Å². The average Bonchev–Trinajstić information content (AvgIpc) is 2.88. The van der Waals surface area contributed by atoms with Gasteiger partial charge in [-0.2, -0.15) is 0 Å². The van der Waals surface area contributed by atoms with Crippen LogP contribution in [0.15, 0.2) is 47.8 Å². The van der Waals surface area contributed by atoms with Gasteiger partial charge in [0, 0.05) is 4.88 Å². The van der Waals surface area contributed by atoms with Gasteiger partial charge in [0.25, 0.3) is 0 Å². The molecule has 17 heavy (non-hydrogen) atoms. The highest BCUT2D eigenvalue weighted by Gasteiger charge is 2.05. The van der Waals surface area contributed by atoms with Gasteiger partial charge in [0.2, 0.25) is 0 Å². The summed E-state index contributed by atoms with van der Waals surface area (Å²) >= 11 is 1.74. The topological polar surface area (TPSA) is 26.3 Å². The summed E-state index contributed by atoms with van der Waals surface area (Å²) in [7, 11) is 0. The van der Waals surface area contributed by atoms with Crippen LogP contribution in [0.5, 0.6) is 0 Å². The maximum atomic E-state index is 11.6. The Morgan fingerprint density at radius 3 is 2.65 bits per heavy atom. The van der Waals surface area contributed by atoms with Crippen LogP contribution in [0, 0.1) is 0 Å². The number of benzene rings is 1. The summed E-state index contributed by atoms with van der Waals surface area (Å²) in [5.41, 5.74) is 0.614. The van der Waals surface area contributed by atoms with Gasteiger partial charge in [-0.3, -0.25) is 0 Å². The Morgan fingerprint density at radius 1 is 1.12 bits per heavy atom. The molecular weight excluding hydrogens is 232 g/mol. The number of hydrogen-bond acceptors (Lipinski definition) is 3. The van der Waals surface area contributed by atoms with Crippen molar-refractivity contribution in [3.8, 4) is 0 Å². The second-order valence-corrected chi connectivity index (χ2v) is 4.72. The van der Waals surface area contributed by atoms with Crippen LogP contribution in [-0.2, 0) is 11.2 Å². The van der Waals surface area contributed by atoms with Gasteiger partial charge in [0.15, 0.2) is 0 Å². The Labute approximate surface area is 105 Å². The SMILES string of the molecule is O=C(OCCCc1cccs1)c1ccccc1. The highest BCUT2D eigenvalue weighted by atomic mass is 32.1. The molecule has 1 aromatic heterocycles. The van der Waals surface area contributed by atoms with E-state index < -0.39 is 0 Å². The summed E-state index contributed by atoms with van der Waals surface area (Å²) in [4.78, 5) is 12.9. The van der Waals surface area contributed by atoms with E-state index in [-0.39, 0.29) is 5.97 Å². The first-order chi connectivity index (χ1) is 8.36. The van der Waals surface area contributed by atoms with E-state index in [4.69, 9.17) is 4.74 Å². The van der Waals surface area contributed by atoms with Gasteiger partial charge in [-0.25, -0.2) is 4.79 Å². The molecule has 2 aromatic rings. The first-order valence-corrected chi connectivity index (χ1v) is 6.49. The molecule has 0 N–H and O–H groups in total. The van der Waals surface area contributed by atoms with Crippen molar-refractivity contribution in [2.45, 2.75) is 12.8 Å². The van der Waals surface area contributed by atoms with Crippen LogP contribution in [0.25, 0.3) is 0 Å². The van der Waals surface area contributed by atoms with Gasteiger partial charge in [-0.15, -0.1) is 11.3 Å². The number of ether oxygens (including phenoxy) is 1. The zero-order valence-electron chi connectivity index (χ0n) is 9.46. The fourth-order valence-corrected chi connectivity index (χ4v) is 2.27. The number of rotatable bonds is 5. The van der Waals surface area contributed by atoms with E-state index in [0.29, 0.717) is 12.2 Å². The molecule has 3 heteroatoms. The molecule has 1 aromatic carbocycles. The Balaban J connectivity index is 1.70. The minimum atomic E-state index is -0.239. The van der Waals surface area contributed by atoms with Crippen LogP contribution in [0.2, 0.25) is 0 Å². The average molecular weight is 246 g/mol. The smallest absolute Gasteiger partial charge is 0.338 e. The minimum absolute atomic E-state index is 0.239. The maximum Gasteiger partial charge on any atom is 0.338 e. The lowest BCUT2D eigenvalue weighted by Crippen LogP contribution is -2.06. The lowest BCUT2D eigenvalue weighted by molar-refractivity contribution is 0.0501. The van der Waals surface area contributed by atoms with E-state index in [1.54, 1.807) is 23.5 Å². The summed E-state index contributed by atoms with van der Waals surface area (Å²) in [6, 6.07) is 13.2. The zero-order valence-corrected chi connectivity index (χ0v) is 10.3. The number of carbonyl (C=O) groups is 1. The van der Waals surface area contributed by atoms with Gasteiger partial charge < -0.3 is 4.74 Å². The number of thiophene rings is 1. The predicted molar refractivity (Wildman–Crippen MR) is 69.4 cm³/mol. The van der Waals surface area contributed by atoms with Crippen LogP contribution in [0.1, 0.15) is 21.7 Å². The van der Waals surface area contributed by atoms with Crippen LogP contribution >= 0.6 is 11.3 Å². The summed E-state index contributed by atoms with van der Waals surface area (Å²) in [5, 5.41) is 2.06. The first-order valence-electron chi connectivity index (χ1n) is 5.61. The van der Waals surface area contributed by atoms with Gasteiger partial charge in [0.05, 0.1) is 12.2 Å². The lowest BCUT2D eigenvalue weighted by atomic mass is 10.2. The molecule has 0 bridgehead atoms. The van der Waals surface area contributed by atoms with Crippen LogP contribution in [0.4, 0.5) is 0 Å². The number of carbonyl (C=O) groups excluding carboxylic acids is 1. The van der Waals surface area contributed by atoms with Gasteiger partial charge in [-0.05, 0) is 36.4 Å². The summed E-state index contributed by atoms with van der Waals surface area (Å²) < 4.78 is 5.19. The molecule has 88 valence electrons. The third-order valence-electron chi connectivity index (χ3n) is 2.39. The quantitative estimate of drug-likeness (QED) is 0.596. The van der Waals surface area contributed by atoms with Crippen molar-refractivity contribution in [1.29, 1.82) is 0 Å². The van der Waals surface area contributed by atoms with E-state index in [9.17, 15) is 4.79 Å². The molecule has 1 heterocycles. The maximum absolute atomic E-state index is 11.6. The molecule has 2 nitrogen and oxygen atoms in total. The summed E-state index contributed by atoms with van der Waals surface area (Å²) in [6.07, 6.45) is 1.85. The molecule has 0 unspecified atom stereocenters. The molecule has 0 atom stereocenters. The van der Waals surface area contributed by atoms with Gasteiger partial charge in [-0.1, -0.05) is 24.3 Å². The zero-order chi connectivity index (χ0) is 11.9. The molecule has 0 aliphatic rings. The van der Waals surface area contributed by atoms with Gasteiger partial charge in [0.1, 0.15) is 0 Å². The van der Waals surface area contributed by atoms with Crippen molar-refractivity contribution in [2.75, 3.05) is 6.61 Å². The van der Waals surface area contributed by atoms with Crippen molar-refractivity contribution in [3.63, 3.8) is 0 Å². The molecule has 0 amide bonds. The predicted octanol–water partition coefficient (Wildman–Crippen LogP) is 3.54. The number of esters is 1. The van der Waals surface area contributed by atoms with Crippen LogP contribution in [-0.4, -0.2) is 12.6 Å². The number of hydrogen-bond donors (Lipinski definition) is 0. The molecule has 0 fully saturated rings. The van der Waals surface area contributed by atoms with Crippen LogP contribution in [0.3, 0.4) is 0 Å². The molecule has 0 spiro atoms. The normalized spacial score (nSPS) is 10.1. The van der Waals surface area contributed by atoms with Crippen molar-refractivity contribution >= 4 is 17.3 Å². The molecule has 0 radical (unpaired) electrons. The lowest BCUT2D eigenvalue weighted by Gasteiger charge is -2.03. The fraction of sp³-hybridized carbons (Fsp3) is 0.214. The van der Waals surface area contributed by atoms with E-state index in [1.165, 1.54) is 4.88 Å². The molecule has 0 aliphatic heterocycles. The fourth-order valence-electron chi connectivity index (χ4n) is 1.52. The highest BCUT2D eigenvalue weighted by molar-refractivity contribution is 7.09. The Hall–Kier alpha value is -1.61. The van der Waals surface area contributed by atoms with E-state index in [1.807, 2.05) is 24.3 Å². The first kappa shape index (κ1) is 11.9. The molecule has 2 rings (SSSR count). The van der Waals surface area contributed by atoms with Crippen molar-refractivity contribution < 1.29 is 9.53 Å². The largest absolute Gasteiger partial charge is 0.462 e. The van der Waals surface area contributed by atoms with E-state index in [2.05, 4.69) is 11.4 Å². The third kappa shape index (κ3) is 3.71. The molecule has 0 aliphatic carbocycles. The Morgan fingerprint density at radius 2 is 1.94 bits per heavy atom. The summed E-state index contributed by atoms with van der Waals surface area (Å²) in [5.74, 6) is -0.239. The second kappa shape index (κ2) is 6.21. The van der Waals surface area contributed by atoms with Crippen molar-refractivity contribution in [2.24, 2.45) is 0 Å². The van der Waals surface area contributed by atoms with E-state index >= 15 is 0 Å². The molecule has 0 saturated carbocycles. The van der Waals surface area contributed by atoms with Crippen molar-refractivity contribution in [3.05, 3.63) is 58.3 Å². The van der Waals surface area contributed by atoms with Crippen molar-refractivity contribution in [1.82, 2.24) is 0 Å². The minimum Gasteiger partial charge on any atom is -0.462 e.